The Morgan fingerprint density at radius 3 is 1.74 bits per heavy atom. The lowest BCUT2D eigenvalue weighted by Crippen LogP contribution is -2.62. The predicted octanol–water partition coefficient (Wildman–Crippen LogP) is -0.654. The average molecular weight is 2090 g/mol. The maximum atomic E-state index is 16.3. The number of carboxylic acids is 1. The molecule has 47 heteroatoms. The number of carbonyl (C=O) groups is 18. The topological polar surface area (TPSA) is 625 Å². The summed E-state index contributed by atoms with van der Waals surface area (Å²) in [5.74, 6) is -18.9. The lowest BCUT2D eigenvalue weighted by atomic mass is 9.99. The number of nitrogens with zero attached hydrogens (tertiary/aromatic N) is 6. The van der Waals surface area contributed by atoms with E-state index in [1.807, 2.05) is 13.8 Å². The van der Waals surface area contributed by atoms with Crippen molar-refractivity contribution in [1.29, 1.82) is 0 Å². The number of rotatable bonds is 23. The number of nitrogens with one attached hydrogen (secondary N) is 15. The summed E-state index contributed by atoms with van der Waals surface area (Å²) in [6, 6.07) is -2.39. The van der Waals surface area contributed by atoms with Gasteiger partial charge in [0.15, 0.2) is 10.2 Å². The van der Waals surface area contributed by atoms with Crippen molar-refractivity contribution < 1.29 is 102 Å². The van der Waals surface area contributed by atoms with Crippen LogP contribution in [0.15, 0.2) is 85.2 Å². The number of carbonyl (C=O) groups excluding carboxylic acids is 17. The number of hydrogen-bond acceptors (Lipinski definition) is 23. The van der Waals surface area contributed by atoms with Gasteiger partial charge in [-0.15, -0.1) is 11.8 Å². The summed E-state index contributed by atoms with van der Waals surface area (Å²) in [4.78, 5) is 276. The second-order valence-corrected chi connectivity index (χ2v) is 40.4. The predicted molar refractivity (Wildman–Crippen MR) is 552 cm³/mol. The fourth-order valence-electron chi connectivity index (χ4n) is 18.3. The number of fused-ring (bicyclic) bond motifs is 12. The highest BCUT2D eigenvalue weighted by molar-refractivity contribution is 8.00. The van der Waals surface area contributed by atoms with Crippen molar-refractivity contribution in [2.45, 2.75) is 274 Å². The minimum atomic E-state index is -1.80. The van der Waals surface area contributed by atoms with Gasteiger partial charge in [0.25, 0.3) is 0 Å². The molecular formula is C99H143N23O21S3. The number of aliphatic hydroxyl groups is 1. The van der Waals surface area contributed by atoms with Gasteiger partial charge in [-0.1, -0.05) is 129 Å². The second kappa shape index (κ2) is 56.4. The molecular weight excluding hydrogens is 1940 g/mol. The van der Waals surface area contributed by atoms with Crippen molar-refractivity contribution in [3.8, 4) is 5.75 Å². The Morgan fingerprint density at radius 1 is 0.527 bits per heavy atom. The Labute approximate surface area is 863 Å². The van der Waals surface area contributed by atoms with E-state index >= 15 is 52.7 Å². The highest BCUT2D eigenvalue weighted by Gasteiger charge is 2.47. The van der Waals surface area contributed by atoms with E-state index in [4.69, 9.17) is 35.9 Å². The molecule has 4 aliphatic rings. The molecule has 798 valence electrons. The number of unbranched alkanes of at least 4 members (excludes halogenated alkanes) is 2. The minimum Gasteiger partial charge on any atom is -0.508 e. The van der Waals surface area contributed by atoms with Crippen molar-refractivity contribution in [3.05, 3.63) is 102 Å². The lowest BCUT2D eigenvalue weighted by Gasteiger charge is -2.36. The van der Waals surface area contributed by atoms with Gasteiger partial charge in [0.2, 0.25) is 100 Å². The largest absolute Gasteiger partial charge is 0.508 e. The zero-order valence-electron chi connectivity index (χ0n) is 84.4. The summed E-state index contributed by atoms with van der Waals surface area (Å²) in [6.45, 7) is 10.2. The number of likely N-dealkylation sites (N-methyl/N-ethyl adjacent to an activating group) is 3. The molecule has 15 atom stereocenters. The molecule has 9 rings (SSSR count). The molecule has 3 aromatic carbocycles. The SMILES string of the molecule is CCCC[C@H]1C(=O)N(C)[C@@H](CCCC)C(=O)N[C@@H](CC(C)C)C(=O)N[C@H](C(=O)NCC(N)=O)CSCC(=O)N[C@@H](Cc2ccc(O)cc2)C(=O)N(C)[C@@H](C)C(=O)N[C@@H](CC(N)=O)C(=O)N2CCC[C@H]2C(=O)N[C@H]2CNC(=S)NCCCCCCNC(=S)NCC[C@H](NC(=O)[C@H](Cc3c[nH]c4ccccc34)NC(=O)[C@@H]3C[C@@H](O)CN3C(=O)[C@H](CC(C)C)NC2=O)C(=O)N[C@@H](Cc2cn(CC(=O)O)c3ccccc23)C(=O)N1C. The van der Waals surface area contributed by atoms with Crippen LogP contribution in [0, 0.1) is 11.8 Å². The first-order chi connectivity index (χ1) is 69.4. The number of nitrogens with two attached hydrogens (primary N) is 2. The smallest absolute Gasteiger partial charge is 0.323 e. The molecule has 0 saturated carbocycles. The molecule has 146 heavy (non-hydrogen) atoms. The van der Waals surface area contributed by atoms with E-state index in [0.717, 1.165) is 31.4 Å². The van der Waals surface area contributed by atoms with Gasteiger partial charge in [-0.2, -0.15) is 0 Å². The number of aliphatic carboxylic acids is 1. The number of benzene rings is 3. The van der Waals surface area contributed by atoms with Crippen LogP contribution in [0.4, 0.5) is 0 Å². The third-order valence-electron chi connectivity index (χ3n) is 26.2. The van der Waals surface area contributed by atoms with Crippen LogP contribution in [0.25, 0.3) is 21.8 Å². The fourth-order valence-corrected chi connectivity index (χ4v) is 19.5. The van der Waals surface area contributed by atoms with Crippen molar-refractivity contribution >= 4 is 175 Å². The Morgan fingerprint density at radius 2 is 1.08 bits per heavy atom. The van der Waals surface area contributed by atoms with Gasteiger partial charge >= 0.3 is 5.97 Å². The van der Waals surface area contributed by atoms with Gasteiger partial charge in [-0.05, 0) is 142 Å². The van der Waals surface area contributed by atoms with Crippen molar-refractivity contribution in [2.24, 2.45) is 23.3 Å². The number of aromatic amines is 1. The van der Waals surface area contributed by atoms with Crippen LogP contribution in [-0.2, 0) is 112 Å². The zero-order valence-corrected chi connectivity index (χ0v) is 86.8. The zero-order chi connectivity index (χ0) is 107. The molecule has 4 saturated heterocycles. The number of carboxylic acid groups (broad SMARTS) is 1. The quantitative estimate of drug-likeness (QED) is 0.0361. The van der Waals surface area contributed by atoms with Crippen molar-refractivity contribution in [2.75, 3.05) is 78.5 Å². The Balaban J connectivity index is 1.17. The highest BCUT2D eigenvalue weighted by atomic mass is 32.2. The molecule has 0 unspecified atom stereocenters. The van der Waals surface area contributed by atoms with Gasteiger partial charge in [-0.3, -0.25) is 86.3 Å². The van der Waals surface area contributed by atoms with Crippen LogP contribution in [-0.4, -0.2) is 335 Å². The van der Waals surface area contributed by atoms with E-state index in [1.165, 1.54) is 68.0 Å². The number of para-hydroxylation sites is 2. The number of amides is 17. The molecule has 0 aliphatic carbocycles. The molecule has 2 aromatic heterocycles. The number of primary amides is 2. The van der Waals surface area contributed by atoms with Crippen LogP contribution in [0.2, 0.25) is 0 Å². The van der Waals surface area contributed by atoms with Crippen LogP contribution in [0.1, 0.15) is 174 Å². The van der Waals surface area contributed by atoms with E-state index in [1.54, 1.807) is 82.4 Å². The average Bonchev–Trinajstić information content (AvgIpc) is 1.63. The number of H-pyrrole nitrogens is 1. The van der Waals surface area contributed by atoms with Crippen molar-refractivity contribution in [3.63, 3.8) is 0 Å². The van der Waals surface area contributed by atoms with Gasteiger partial charge < -0.3 is 135 Å². The van der Waals surface area contributed by atoms with Crippen LogP contribution >= 0.6 is 36.2 Å². The van der Waals surface area contributed by atoms with Crippen LogP contribution in [0.3, 0.4) is 0 Å². The number of phenols is 1. The Hall–Kier alpha value is -13.3. The molecule has 0 radical (unpaired) electrons. The number of aromatic nitrogens is 2. The van der Waals surface area contributed by atoms with Gasteiger partial charge in [0.1, 0.15) is 96.9 Å². The third kappa shape index (κ3) is 33.9. The van der Waals surface area contributed by atoms with Crippen LogP contribution in [0.5, 0.6) is 5.75 Å². The van der Waals surface area contributed by atoms with E-state index in [-0.39, 0.29) is 99.2 Å². The monoisotopic (exact) mass is 2090 g/mol. The number of thioether (sulfide) groups is 1. The number of hydrogen-bond donors (Lipinski definition) is 20. The maximum absolute atomic E-state index is 16.3. The van der Waals surface area contributed by atoms with E-state index in [2.05, 4.69) is 79.4 Å². The van der Waals surface area contributed by atoms with Crippen LogP contribution < -0.4 is 85.9 Å². The normalized spacial score (nSPS) is 25.0. The summed E-state index contributed by atoms with van der Waals surface area (Å²) in [5.41, 5.74) is 13.6. The Kier molecular flexibility index (Phi) is 44.9. The van der Waals surface area contributed by atoms with E-state index in [0.29, 0.717) is 103 Å². The molecule has 4 aliphatic heterocycles. The summed E-state index contributed by atoms with van der Waals surface area (Å²) in [5, 5.41) is 73.2. The lowest BCUT2D eigenvalue weighted by molar-refractivity contribution is -0.149. The maximum Gasteiger partial charge on any atom is 0.323 e. The minimum absolute atomic E-state index is 0.00621. The number of aromatic hydroxyl groups is 1. The first kappa shape index (κ1) is 116. The molecule has 2 bridgehead atoms. The van der Waals surface area contributed by atoms with Crippen molar-refractivity contribution in [1.82, 2.24) is 108 Å². The Bertz CT molecular complexity index is 5490. The highest BCUT2D eigenvalue weighted by Crippen LogP contribution is 2.29. The summed E-state index contributed by atoms with van der Waals surface area (Å²) >= 11 is 12.3. The molecule has 4 fully saturated rings. The first-order valence-corrected chi connectivity index (χ1v) is 51.8. The molecule has 5 aromatic rings. The standard InChI is InChI=1S/C99H143N23O21S3/c1-11-13-27-76-90(136)110-67(40-55(3)4)87(133)116-74(85(131)106-49-81(101)126)53-146-54-82(127)108-70(42-58-31-33-61(123)34-32-58)93(139)117(8)57(7)84(130)112-72(46-80(100)125)95(141)121-39-23-30-77(121)91(137)115-73-48-107-99(145)103-37-22-16-15-21-36-102-98(144)104-38-35-66(86(132)114-71(94(140)119(10)78(28-14-12-2)97(143)118(76)9)44-60-50-120(52-83(128)129)75-29-20-18-25-64(60)75)109-88(134)68(43-59-47-105-65-26-19-17-24-63(59)65)111-92(138)79-45-62(124)51-122(79)96(142)69(41-56(5)6)113-89(73)135/h17-20,24-26,29,31-34,47,50,55-57,62,66-74,76-79,105,123-124H,11-16,21-23,27-28,30,35-46,48-49,51-54H2,1-10H3,(H2,100,125)(H2,101,126)(H,106,131)(H,108,127)(H,109,134)(H,110,136)(H,111,138)(H,112,130)(H,113,135)(H,114,132)(H,115,137)(H,116,133)(H,128,129)(H2,102,104,144)(H2,103,107,145)/t57-,62+,66-,67-,68-,69-,70-,71-,72-,73-,74-,76-,77-,78-,79-/m0/s1. The van der Waals surface area contributed by atoms with Gasteiger partial charge in [0.05, 0.1) is 24.8 Å². The van der Waals surface area contributed by atoms with Gasteiger partial charge in [-0.25, -0.2) is 0 Å². The number of aliphatic hydroxyl groups excluding tert-OH is 1. The first-order valence-electron chi connectivity index (χ1n) is 49.8. The number of phenolic OH excluding ortho intramolecular Hbond substituents is 1. The second-order valence-electron chi connectivity index (χ2n) is 38.5. The summed E-state index contributed by atoms with van der Waals surface area (Å²) in [6.07, 6.45) is 3.32. The molecule has 44 nitrogen and oxygen atoms in total. The van der Waals surface area contributed by atoms with Gasteiger partial charge in [0, 0.05) is 126 Å². The summed E-state index contributed by atoms with van der Waals surface area (Å²) < 4.78 is 1.45. The molecule has 17 amide bonds. The fraction of sp³-hybridized carbons (Fsp3) is 0.576. The third-order valence-corrected chi connectivity index (χ3v) is 27.9. The van der Waals surface area contributed by atoms with E-state index in [9.17, 15) is 48.9 Å². The number of thiocarbonyl (C=S) groups is 2. The molecule has 0 spiro atoms. The molecule has 6 heterocycles. The molecule has 22 N–H and O–H groups in total. The summed E-state index contributed by atoms with van der Waals surface area (Å²) in [7, 11) is 3.95. The van der Waals surface area contributed by atoms with E-state index < -0.39 is 254 Å².